The van der Waals surface area contributed by atoms with Crippen LogP contribution in [0.1, 0.15) is 42.6 Å². The van der Waals surface area contributed by atoms with Crippen LogP contribution in [0.25, 0.3) is 0 Å². The quantitative estimate of drug-likeness (QED) is 0.296. The van der Waals surface area contributed by atoms with Gasteiger partial charge in [0.05, 0.1) is 24.5 Å². The smallest absolute Gasteiger partial charge is 0.338 e. The Labute approximate surface area is 238 Å². The number of rotatable bonds is 11. The summed E-state index contributed by atoms with van der Waals surface area (Å²) in [6.07, 6.45) is 1.62. The molecule has 1 aliphatic heterocycles. The van der Waals surface area contributed by atoms with E-state index in [0.29, 0.717) is 41.7 Å². The predicted molar refractivity (Wildman–Crippen MR) is 158 cm³/mol. The highest BCUT2D eigenvalue weighted by Crippen LogP contribution is 2.30. The van der Waals surface area contributed by atoms with Gasteiger partial charge in [-0.25, -0.2) is 9.79 Å². The van der Waals surface area contributed by atoms with Gasteiger partial charge in [-0.05, 0) is 73.9 Å². The third-order valence-electron chi connectivity index (χ3n) is 6.10. The molecular formula is C31H33N3O5S. The fourth-order valence-corrected chi connectivity index (χ4v) is 5.15. The molecule has 1 saturated heterocycles. The first-order valence-corrected chi connectivity index (χ1v) is 14.2. The Hall–Kier alpha value is -4.11. The fourth-order valence-electron chi connectivity index (χ4n) is 4.02. The van der Waals surface area contributed by atoms with Gasteiger partial charge < -0.3 is 14.8 Å². The van der Waals surface area contributed by atoms with Gasteiger partial charge in [-0.2, -0.15) is 0 Å². The van der Waals surface area contributed by atoms with Crippen LogP contribution in [-0.2, 0) is 20.7 Å². The van der Waals surface area contributed by atoms with E-state index < -0.39 is 11.2 Å². The molecule has 208 valence electrons. The van der Waals surface area contributed by atoms with Crippen LogP contribution < -0.4 is 10.1 Å². The zero-order chi connectivity index (χ0) is 28.3. The molecule has 2 amide bonds. The highest BCUT2D eigenvalue weighted by Gasteiger charge is 2.35. The van der Waals surface area contributed by atoms with Crippen LogP contribution in [0.2, 0.25) is 0 Å². The van der Waals surface area contributed by atoms with Crippen molar-refractivity contribution in [2.75, 3.05) is 25.1 Å². The second-order valence-electron chi connectivity index (χ2n) is 9.12. The summed E-state index contributed by atoms with van der Waals surface area (Å²) >= 11 is 1.26. The highest BCUT2D eigenvalue weighted by atomic mass is 32.2. The van der Waals surface area contributed by atoms with E-state index in [4.69, 9.17) is 14.5 Å². The number of nitrogens with one attached hydrogen (secondary N) is 1. The number of nitrogens with zero attached hydrogens (tertiary/aromatic N) is 2. The maximum absolute atomic E-state index is 13.3. The standard InChI is InChI=1S/C31H33N3O5S/c1-3-20-39-26-16-14-24(15-17-26)32-29(36)27-21-28(35)34(19-18-22-8-6-5-7-9-22)31(40-27)33-25-12-10-23(11-13-25)30(37)38-4-2/h5-17,27H,3-4,18-21H2,1-2H3,(H,32,36)/t27-/m1/s1. The van der Waals surface area contributed by atoms with Crippen molar-refractivity contribution >= 4 is 46.1 Å². The van der Waals surface area contributed by atoms with Crippen LogP contribution in [-0.4, -0.2) is 52.9 Å². The SMILES string of the molecule is CCCOc1ccc(NC(=O)[C@H]2CC(=O)N(CCc3ccccc3)C(=Nc3ccc(C(=O)OCC)cc3)S2)cc1. The first kappa shape index (κ1) is 28.9. The summed E-state index contributed by atoms with van der Waals surface area (Å²) < 4.78 is 10.7. The molecule has 1 fully saturated rings. The number of carbonyl (C=O) groups is 3. The lowest BCUT2D eigenvalue weighted by Crippen LogP contribution is -2.46. The molecular weight excluding hydrogens is 526 g/mol. The third-order valence-corrected chi connectivity index (χ3v) is 7.28. The van der Waals surface area contributed by atoms with Gasteiger partial charge >= 0.3 is 5.97 Å². The summed E-state index contributed by atoms with van der Waals surface area (Å²) in [4.78, 5) is 44.9. The van der Waals surface area contributed by atoms with Gasteiger partial charge in [0.15, 0.2) is 5.17 Å². The van der Waals surface area contributed by atoms with Crippen LogP contribution in [0.5, 0.6) is 5.75 Å². The average molecular weight is 560 g/mol. The zero-order valence-electron chi connectivity index (χ0n) is 22.7. The lowest BCUT2D eigenvalue weighted by Gasteiger charge is -2.32. The normalized spacial score (nSPS) is 16.1. The van der Waals surface area contributed by atoms with E-state index in [1.54, 1.807) is 48.2 Å². The molecule has 0 radical (unpaired) electrons. The number of amides is 2. The Morgan fingerprint density at radius 3 is 2.40 bits per heavy atom. The molecule has 1 N–H and O–H groups in total. The third kappa shape index (κ3) is 7.95. The van der Waals surface area contributed by atoms with Crippen LogP contribution in [0.3, 0.4) is 0 Å². The minimum atomic E-state index is -0.644. The van der Waals surface area contributed by atoms with Crippen molar-refractivity contribution in [3.8, 4) is 5.75 Å². The van der Waals surface area contributed by atoms with E-state index in [9.17, 15) is 14.4 Å². The number of anilines is 1. The number of aliphatic imine (C=N–C) groups is 1. The molecule has 40 heavy (non-hydrogen) atoms. The molecule has 0 spiro atoms. The van der Waals surface area contributed by atoms with E-state index in [-0.39, 0.29) is 24.8 Å². The number of amidine groups is 1. The van der Waals surface area contributed by atoms with Crippen molar-refractivity contribution in [2.45, 2.75) is 38.4 Å². The maximum Gasteiger partial charge on any atom is 0.338 e. The first-order valence-electron chi connectivity index (χ1n) is 13.4. The summed E-state index contributed by atoms with van der Waals surface area (Å²) in [5.41, 5.74) is 2.71. The molecule has 3 aromatic carbocycles. The second kappa shape index (κ2) is 14.3. The summed E-state index contributed by atoms with van der Waals surface area (Å²) in [6, 6.07) is 23.8. The fraction of sp³-hybridized carbons (Fsp3) is 0.290. The molecule has 3 aromatic rings. The zero-order valence-corrected chi connectivity index (χ0v) is 23.5. The van der Waals surface area contributed by atoms with Gasteiger partial charge in [-0.3, -0.25) is 14.5 Å². The minimum Gasteiger partial charge on any atom is -0.494 e. The highest BCUT2D eigenvalue weighted by molar-refractivity contribution is 8.15. The van der Waals surface area contributed by atoms with Crippen LogP contribution in [0, 0.1) is 0 Å². The van der Waals surface area contributed by atoms with E-state index in [1.807, 2.05) is 49.4 Å². The second-order valence-corrected chi connectivity index (χ2v) is 10.3. The Bertz CT molecular complexity index is 1330. The number of thioether (sulfide) groups is 1. The Kier molecular flexibility index (Phi) is 10.3. The lowest BCUT2D eigenvalue weighted by molar-refractivity contribution is -0.129. The Morgan fingerprint density at radius 2 is 1.73 bits per heavy atom. The molecule has 4 rings (SSSR count). The molecule has 1 aliphatic rings. The molecule has 0 unspecified atom stereocenters. The Balaban J connectivity index is 1.51. The molecule has 0 aromatic heterocycles. The van der Waals surface area contributed by atoms with Gasteiger partial charge in [0.2, 0.25) is 11.8 Å². The van der Waals surface area contributed by atoms with Crippen molar-refractivity contribution in [2.24, 2.45) is 4.99 Å². The van der Waals surface area contributed by atoms with E-state index >= 15 is 0 Å². The van der Waals surface area contributed by atoms with Crippen molar-refractivity contribution < 1.29 is 23.9 Å². The summed E-state index contributed by atoms with van der Waals surface area (Å²) in [6.45, 7) is 5.14. The molecule has 1 atom stereocenters. The van der Waals surface area contributed by atoms with Crippen molar-refractivity contribution in [1.82, 2.24) is 4.90 Å². The number of esters is 1. The minimum absolute atomic E-state index is 0.0593. The average Bonchev–Trinajstić information content (AvgIpc) is 2.97. The molecule has 9 heteroatoms. The van der Waals surface area contributed by atoms with Crippen molar-refractivity contribution in [3.63, 3.8) is 0 Å². The summed E-state index contributed by atoms with van der Waals surface area (Å²) in [7, 11) is 0. The molecule has 0 aliphatic carbocycles. The van der Waals surface area contributed by atoms with E-state index in [1.165, 1.54) is 11.8 Å². The van der Waals surface area contributed by atoms with E-state index in [2.05, 4.69) is 5.32 Å². The van der Waals surface area contributed by atoms with Gasteiger partial charge in [0, 0.05) is 18.7 Å². The summed E-state index contributed by atoms with van der Waals surface area (Å²) in [5.74, 6) is -0.108. The maximum atomic E-state index is 13.3. The van der Waals surface area contributed by atoms with Gasteiger partial charge in [0.1, 0.15) is 11.0 Å². The van der Waals surface area contributed by atoms with Gasteiger partial charge in [0.25, 0.3) is 0 Å². The van der Waals surface area contributed by atoms with Crippen LogP contribution >= 0.6 is 11.8 Å². The number of hydrogen-bond acceptors (Lipinski definition) is 7. The van der Waals surface area contributed by atoms with Crippen LogP contribution in [0.15, 0.2) is 83.9 Å². The molecule has 8 nitrogen and oxygen atoms in total. The molecule has 1 heterocycles. The monoisotopic (exact) mass is 559 g/mol. The number of benzene rings is 3. The molecule has 0 saturated carbocycles. The van der Waals surface area contributed by atoms with Crippen molar-refractivity contribution in [1.29, 1.82) is 0 Å². The molecule has 0 bridgehead atoms. The number of carbonyl (C=O) groups excluding carboxylic acids is 3. The van der Waals surface area contributed by atoms with Crippen molar-refractivity contribution in [3.05, 3.63) is 90.0 Å². The number of ether oxygens (including phenoxy) is 2. The topological polar surface area (TPSA) is 97.3 Å². The first-order chi connectivity index (χ1) is 19.5. The van der Waals surface area contributed by atoms with E-state index in [0.717, 1.165) is 17.7 Å². The van der Waals surface area contributed by atoms with Gasteiger partial charge in [-0.15, -0.1) is 0 Å². The lowest BCUT2D eigenvalue weighted by atomic mass is 10.1. The largest absolute Gasteiger partial charge is 0.494 e. The van der Waals surface area contributed by atoms with Crippen LogP contribution in [0.4, 0.5) is 11.4 Å². The number of hydrogen-bond donors (Lipinski definition) is 1. The summed E-state index contributed by atoms with van der Waals surface area (Å²) in [5, 5.41) is 2.71. The Morgan fingerprint density at radius 1 is 1.00 bits per heavy atom. The van der Waals surface area contributed by atoms with Gasteiger partial charge in [-0.1, -0.05) is 49.0 Å². The predicted octanol–water partition coefficient (Wildman–Crippen LogP) is 5.86.